The highest BCUT2D eigenvalue weighted by atomic mass is 16.7. The Hall–Kier alpha value is -3.28. The summed E-state index contributed by atoms with van der Waals surface area (Å²) in [5, 5.41) is 0. The zero-order chi connectivity index (χ0) is 17.9. The number of nitrogens with zero attached hydrogens (tertiary/aromatic N) is 3. The molecule has 0 atom stereocenters. The van der Waals surface area contributed by atoms with Gasteiger partial charge in [-0.3, -0.25) is 4.79 Å². The normalized spacial score (nSPS) is 12.2. The monoisotopic (exact) mass is 349 g/mol. The molecule has 6 heteroatoms. The van der Waals surface area contributed by atoms with Gasteiger partial charge in [-0.1, -0.05) is 18.2 Å². The first kappa shape index (κ1) is 16.2. The molecule has 6 nitrogen and oxygen atoms in total. The van der Waals surface area contributed by atoms with Crippen molar-refractivity contribution >= 4 is 5.91 Å². The number of imidazole rings is 1. The van der Waals surface area contributed by atoms with Gasteiger partial charge in [0.1, 0.15) is 0 Å². The number of aromatic nitrogens is 2. The fraction of sp³-hybridized carbons (Fsp3) is 0.200. The van der Waals surface area contributed by atoms with Gasteiger partial charge in [-0.15, -0.1) is 0 Å². The van der Waals surface area contributed by atoms with E-state index in [2.05, 4.69) is 4.98 Å². The molecule has 132 valence electrons. The number of hydrogen-bond acceptors (Lipinski definition) is 4. The number of fused-ring (bicyclic) bond motifs is 1. The first-order valence-corrected chi connectivity index (χ1v) is 8.38. The Bertz CT molecular complexity index is 922. The van der Waals surface area contributed by atoms with E-state index in [1.54, 1.807) is 24.5 Å². The van der Waals surface area contributed by atoms with Crippen molar-refractivity contribution in [3.63, 3.8) is 0 Å². The lowest BCUT2D eigenvalue weighted by Crippen LogP contribution is -2.26. The van der Waals surface area contributed by atoms with E-state index in [1.807, 2.05) is 53.2 Å². The van der Waals surface area contributed by atoms with Crippen molar-refractivity contribution in [1.82, 2.24) is 14.5 Å². The van der Waals surface area contributed by atoms with Crippen molar-refractivity contribution in [2.45, 2.75) is 13.1 Å². The van der Waals surface area contributed by atoms with Crippen molar-refractivity contribution in [3.8, 4) is 11.5 Å². The van der Waals surface area contributed by atoms with E-state index in [0.29, 0.717) is 18.7 Å². The zero-order valence-electron chi connectivity index (χ0n) is 14.5. The quantitative estimate of drug-likeness (QED) is 0.711. The van der Waals surface area contributed by atoms with Crippen LogP contribution in [0.5, 0.6) is 11.5 Å². The second-order valence-corrected chi connectivity index (χ2v) is 6.28. The SMILES string of the molecule is CN(Cc1ccc2c(c1)OCO2)C(=O)c1cccc(Cn2ccnc2)c1. The average Bonchev–Trinajstić information content (AvgIpc) is 3.32. The van der Waals surface area contributed by atoms with Crippen LogP contribution in [0.15, 0.2) is 61.2 Å². The highest BCUT2D eigenvalue weighted by Crippen LogP contribution is 2.32. The Morgan fingerprint density at radius 2 is 2.04 bits per heavy atom. The molecule has 26 heavy (non-hydrogen) atoms. The molecule has 0 N–H and O–H groups in total. The van der Waals surface area contributed by atoms with Gasteiger partial charge in [-0.2, -0.15) is 0 Å². The predicted molar refractivity (Wildman–Crippen MR) is 96.1 cm³/mol. The Labute approximate surface area is 151 Å². The summed E-state index contributed by atoms with van der Waals surface area (Å²) in [6.07, 6.45) is 5.41. The fourth-order valence-corrected chi connectivity index (χ4v) is 3.00. The van der Waals surface area contributed by atoms with E-state index >= 15 is 0 Å². The van der Waals surface area contributed by atoms with Crippen LogP contribution in [-0.2, 0) is 13.1 Å². The maximum absolute atomic E-state index is 12.8. The number of benzene rings is 2. The predicted octanol–water partition coefficient (Wildman–Crippen LogP) is 2.93. The van der Waals surface area contributed by atoms with Gasteiger partial charge in [0.15, 0.2) is 11.5 Å². The van der Waals surface area contributed by atoms with Crippen LogP contribution >= 0.6 is 0 Å². The molecule has 0 aliphatic carbocycles. The van der Waals surface area contributed by atoms with Crippen molar-refractivity contribution < 1.29 is 14.3 Å². The maximum atomic E-state index is 12.8. The summed E-state index contributed by atoms with van der Waals surface area (Å²) in [5.74, 6) is 1.45. The molecule has 0 bridgehead atoms. The highest BCUT2D eigenvalue weighted by molar-refractivity contribution is 5.94. The number of amides is 1. The van der Waals surface area contributed by atoms with Gasteiger partial charge >= 0.3 is 0 Å². The molecule has 2 aromatic carbocycles. The molecule has 4 rings (SSSR count). The zero-order valence-corrected chi connectivity index (χ0v) is 14.5. The van der Waals surface area contributed by atoms with E-state index in [1.165, 1.54) is 0 Å². The molecule has 2 heterocycles. The summed E-state index contributed by atoms with van der Waals surface area (Å²) >= 11 is 0. The summed E-state index contributed by atoms with van der Waals surface area (Å²) < 4.78 is 12.7. The van der Waals surface area contributed by atoms with Gasteiger partial charge in [-0.25, -0.2) is 4.98 Å². The standard InChI is InChI=1S/C20H19N3O3/c1-22(11-16-5-6-18-19(10-16)26-14-25-18)20(24)17-4-2-3-15(9-17)12-23-8-7-21-13-23/h2-10,13H,11-12,14H2,1H3. The number of rotatable bonds is 5. The number of carbonyl (C=O) groups excluding carboxylic acids is 1. The molecule has 1 aliphatic rings. The lowest BCUT2D eigenvalue weighted by molar-refractivity contribution is 0.0785. The van der Waals surface area contributed by atoms with Crippen LogP contribution in [-0.4, -0.2) is 34.2 Å². The van der Waals surface area contributed by atoms with Gasteiger partial charge in [0.25, 0.3) is 5.91 Å². The van der Waals surface area contributed by atoms with Crippen molar-refractivity contribution in [3.05, 3.63) is 77.9 Å². The number of hydrogen-bond donors (Lipinski definition) is 0. The summed E-state index contributed by atoms with van der Waals surface area (Å²) in [5.41, 5.74) is 2.73. The largest absolute Gasteiger partial charge is 0.454 e. The Kier molecular flexibility index (Phi) is 4.31. The third-order valence-electron chi connectivity index (χ3n) is 4.30. The van der Waals surface area contributed by atoms with Crippen LogP contribution in [0.3, 0.4) is 0 Å². The van der Waals surface area contributed by atoms with Crippen molar-refractivity contribution in [2.75, 3.05) is 13.8 Å². The van der Waals surface area contributed by atoms with E-state index in [0.717, 1.165) is 22.6 Å². The Balaban J connectivity index is 1.46. The van der Waals surface area contributed by atoms with E-state index in [-0.39, 0.29) is 12.7 Å². The first-order chi connectivity index (χ1) is 12.7. The first-order valence-electron chi connectivity index (χ1n) is 8.38. The van der Waals surface area contributed by atoms with Gasteiger partial charge in [-0.05, 0) is 35.4 Å². The molecule has 1 aromatic heterocycles. The molecule has 1 aliphatic heterocycles. The molecule has 0 unspecified atom stereocenters. The molecule has 0 saturated carbocycles. The minimum atomic E-state index is -0.0184. The molecule has 0 spiro atoms. The molecule has 0 radical (unpaired) electrons. The summed E-state index contributed by atoms with van der Waals surface area (Å²) in [6, 6.07) is 13.4. The van der Waals surface area contributed by atoms with Gasteiger partial charge < -0.3 is 18.9 Å². The summed E-state index contributed by atoms with van der Waals surface area (Å²) in [6.45, 7) is 1.44. The second kappa shape index (κ2) is 6.92. The maximum Gasteiger partial charge on any atom is 0.253 e. The van der Waals surface area contributed by atoms with E-state index in [4.69, 9.17) is 9.47 Å². The third kappa shape index (κ3) is 3.39. The second-order valence-electron chi connectivity index (χ2n) is 6.28. The average molecular weight is 349 g/mol. The molecular formula is C20H19N3O3. The van der Waals surface area contributed by atoms with Crippen molar-refractivity contribution in [1.29, 1.82) is 0 Å². The lowest BCUT2D eigenvalue weighted by Gasteiger charge is -2.18. The number of ether oxygens (including phenoxy) is 2. The molecular weight excluding hydrogens is 330 g/mol. The van der Waals surface area contributed by atoms with Crippen LogP contribution < -0.4 is 9.47 Å². The van der Waals surface area contributed by atoms with Crippen LogP contribution in [0.25, 0.3) is 0 Å². The minimum absolute atomic E-state index is 0.0184. The smallest absolute Gasteiger partial charge is 0.253 e. The topological polar surface area (TPSA) is 56.6 Å². The molecule has 1 amide bonds. The number of carbonyl (C=O) groups is 1. The third-order valence-corrected chi connectivity index (χ3v) is 4.30. The molecule has 0 fully saturated rings. The summed E-state index contributed by atoms with van der Waals surface area (Å²) in [4.78, 5) is 18.5. The van der Waals surface area contributed by atoms with Gasteiger partial charge in [0.05, 0.1) is 6.33 Å². The van der Waals surface area contributed by atoms with E-state index in [9.17, 15) is 4.79 Å². The molecule has 0 saturated heterocycles. The summed E-state index contributed by atoms with van der Waals surface area (Å²) in [7, 11) is 1.80. The fourth-order valence-electron chi connectivity index (χ4n) is 3.00. The molecule has 3 aromatic rings. The Morgan fingerprint density at radius 3 is 2.88 bits per heavy atom. The van der Waals surface area contributed by atoms with Crippen LogP contribution in [0.2, 0.25) is 0 Å². The minimum Gasteiger partial charge on any atom is -0.454 e. The van der Waals surface area contributed by atoms with Gasteiger partial charge in [0, 0.05) is 38.1 Å². The van der Waals surface area contributed by atoms with E-state index < -0.39 is 0 Å². The van der Waals surface area contributed by atoms with Crippen LogP contribution in [0, 0.1) is 0 Å². The Morgan fingerprint density at radius 1 is 1.15 bits per heavy atom. The van der Waals surface area contributed by atoms with Crippen LogP contribution in [0.1, 0.15) is 21.5 Å². The van der Waals surface area contributed by atoms with Gasteiger partial charge in [0.2, 0.25) is 6.79 Å². The highest BCUT2D eigenvalue weighted by Gasteiger charge is 2.16. The van der Waals surface area contributed by atoms with Crippen LogP contribution in [0.4, 0.5) is 0 Å². The lowest BCUT2D eigenvalue weighted by atomic mass is 10.1. The van der Waals surface area contributed by atoms with Crippen molar-refractivity contribution in [2.24, 2.45) is 0 Å².